The van der Waals surface area contributed by atoms with Gasteiger partial charge in [0.2, 0.25) is 17.7 Å². The van der Waals surface area contributed by atoms with Crippen molar-refractivity contribution in [2.45, 2.75) is 58.5 Å². The van der Waals surface area contributed by atoms with Gasteiger partial charge in [0.15, 0.2) is 0 Å². The van der Waals surface area contributed by atoms with Gasteiger partial charge in [-0.15, -0.1) is 10.2 Å². The summed E-state index contributed by atoms with van der Waals surface area (Å²) in [5.74, 6) is 2.27. The molecule has 1 atom stereocenters. The standard InChI is InChI=1S/C18H31N5O2/c1-13-4-6-16(7-5-13)19-17(24)12-22-8-10-23(11-9-22)14(2)18-21-20-15(3)25-18/h13-14,16H,4-12H2,1-3H3,(H,19,24). The minimum absolute atomic E-state index is 0.126. The van der Waals surface area contributed by atoms with Crippen molar-refractivity contribution in [1.29, 1.82) is 0 Å². The first-order valence-corrected chi connectivity index (χ1v) is 9.57. The van der Waals surface area contributed by atoms with Crippen LogP contribution in [0.4, 0.5) is 0 Å². The molecule has 140 valence electrons. The Kier molecular flexibility index (Phi) is 6.06. The Bertz CT molecular complexity index is 560. The predicted octanol–water partition coefficient (Wildman–Crippen LogP) is 1.75. The van der Waals surface area contributed by atoms with Gasteiger partial charge in [0.25, 0.3) is 0 Å². The number of aromatic nitrogens is 2. The number of carbonyl (C=O) groups is 1. The monoisotopic (exact) mass is 349 g/mol. The van der Waals surface area contributed by atoms with Crippen LogP contribution in [0.5, 0.6) is 0 Å². The van der Waals surface area contributed by atoms with Gasteiger partial charge in [-0.1, -0.05) is 6.92 Å². The third-order valence-electron chi connectivity index (χ3n) is 5.60. The Hall–Kier alpha value is -1.47. The summed E-state index contributed by atoms with van der Waals surface area (Å²) < 4.78 is 5.54. The minimum atomic E-state index is 0.126. The molecule has 0 aromatic carbocycles. The Labute approximate surface area is 150 Å². The molecule has 0 radical (unpaired) electrons. The smallest absolute Gasteiger partial charge is 0.234 e. The van der Waals surface area contributed by atoms with Crippen molar-refractivity contribution in [3.8, 4) is 0 Å². The Balaban J connectivity index is 1.39. The molecule has 1 saturated carbocycles. The topological polar surface area (TPSA) is 74.5 Å². The number of piperazine rings is 1. The SMILES string of the molecule is Cc1nnc(C(C)N2CCN(CC(=O)NC3CCC(C)CC3)CC2)o1. The number of nitrogens with zero attached hydrogens (tertiary/aromatic N) is 4. The molecule has 7 nitrogen and oxygen atoms in total. The molecule has 0 spiro atoms. The Morgan fingerprint density at radius 1 is 1.20 bits per heavy atom. The molecule has 1 aromatic rings. The first-order chi connectivity index (χ1) is 12.0. The molecule has 0 bridgehead atoms. The van der Waals surface area contributed by atoms with Gasteiger partial charge in [0.1, 0.15) is 0 Å². The fourth-order valence-electron chi connectivity index (χ4n) is 3.83. The molecule has 1 aliphatic carbocycles. The summed E-state index contributed by atoms with van der Waals surface area (Å²) in [7, 11) is 0. The molecule has 2 fully saturated rings. The molecular weight excluding hydrogens is 318 g/mol. The molecule has 1 saturated heterocycles. The van der Waals surface area contributed by atoms with Gasteiger partial charge >= 0.3 is 0 Å². The van der Waals surface area contributed by atoms with Gasteiger partial charge in [0.05, 0.1) is 12.6 Å². The second-order valence-electron chi connectivity index (χ2n) is 7.67. The summed E-state index contributed by atoms with van der Waals surface area (Å²) in [6, 6.07) is 0.507. The zero-order valence-corrected chi connectivity index (χ0v) is 15.7. The lowest BCUT2D eigenvalue weighted by Crippen LogP contribution is -2.51. The van der Waals surface area contributed by atoms with E-state index in [4.69, 9.17) is 4.42 Å². The van der Waals surface area contributed by atoms with Crippen LogP contribution in [0, 0.1) is 12.8 Å². The quantitative estimate of drug-likeness (QED) is 0.873. The van der Waals surface area contributed by atoms with Gasteiger partial charge in [-0.05, 0) is 38.5 Å². The zero-order chi connectivity index (χ0) is 17.8. The average molecular weight is 349 g/mol. The number of hydrogen-bond acceptors (Lipinski definition) is 6. The van der Waals surface area contributed by atoms with E-state index in [1.165, 1.54) is 12.8 Å². The molecule has 25 heavy (non-hydrogen) atoms. The van der Waals surface area contributed by atoms with Crippen LogP contribution in [-0.4, -0.2) is 64.7 Å². The zero-order valence-electron chi connectivity index (χ0n) is 15.7. The first kappa shape index (κ1) is 18.3. The molecule has 1 aliphatic heterocycles. The van der Waals surface area contributed by atoms with Gasteiger partial charge < -0.3 is 9.73 Å². The van der Waals surface area contributed by atoms with E-state index in [2.05, 4.69) is 39.2 Å². The highest BCUT2D eigenvalue weighted by molar-refractivity contribution is 5.78. The van der Waals surface area contributed by atoms with Gasteiger partial charge in [-0.3, -0.25) is 14.6 Å². The van der Waals surface area contributed by atoms with Crippen molar-refractivity contribution in [2.24, 2.45) is 5.92 Å². The summed E-state index contributed by atoms with van der Waals surface area (Å²) in [6.07, 6.45) is 4.72. The highest BCUT2D eigenvalue weighted by atomic mass is 16.4. The van der Waals surface area contributed by atoms with Crippen molar-refractivity contribution in [2.75, 3.05) is 32.7 Å². The third kappa shape index (κ3) is 5.01. The van der Waals surface area contributed by atoms with Crippen molar-refractivity contribution < 1.29 is 9.21 Å². The van der Waals surface area contributed by atoms with Crippen LogP contribution >= 0.6 is 0 Å². The summed E-state index contributed by atoms with van der Waals surface area (Å²) in [5, 5.41) is 11.3. The number of amides is 1. The normalized spacial score (nSPS) is 27.2. The Morgan fingerprint density at radius 3 is 2.48 bits per heavy atom. The maximum atomic E-state index is 12.3. The van der Waals surface area contributed by atoms with Crippen LogP contribution in [-0.2, 0) is 4.79 Å². The number of aryl methyl sites for hydroxylation is 1. The molecule has 1 unspecified atom stereocenters. The van der Waals surface area contributed by atoms with Crippen LogP contribution in [0.25, 0.3) is 0 Å². The van der Waals surface area contributed by atoms with Crippen molar-refractivity contribution >= 4 is 5.91 Å². The van der Waals surface area contributed by atoms with Gasteiger partial charge in [-0.25, -0.2) is 0 Å². The van der Waals surface area contributed by atoms with E-state index in [0.717, 1.165) is 44.9 Å². The van der Waals surface area contributed by atoms with Crippen molar-refractivity contribution in [3.63, 3.8) is 0 Å². The lowest BCUT2D eigenvalue weighted by Gasteiger charge is -2.36. The lowest BCUT2D eigenvalue weighted by atomic mass is 9.87. The molecular formula is C18H31N5O2. The van der Waals surface area contributed by atoms with Gasteiger partial charge in [-0.2, -0.15) is 0 Å². The third-order valence-corrected chi connectivity index (χ3v) is 5.60. The summed E-state index contributed by atoms with van der Waals surface area (Å²) in [4.78, 5) is 16.9. The second-order valence-corrected chi connectivity index (χ2v) is 7.67. The van der Waals surface area contributed by atoms with E-state index < -0.39 is 0 Å². The van der Waals surface area contributed by atoms with E-state index in [-0.39, 0.29) is 11.9 Å². The lowest BCUT2D eigenvalue weighted by molar-refractivity contribution is -0.123. The maximum Gasteiger partial charge on any atom is 0.234 e. The van der Waals surface area contributed by atoms with Crippen LogP contribution in [0.3, 0.4) is 0 Å². The van der Waals surface area contributed by atoms with Crippen LogP contribution < -0.4 is 5.32 Å². The predicted molar refractivity (Wildman–Crippen MR) is 95.0 cm³/mol. The molecule has 2 aliphatic rings. The second kappa shape index (κ2) is 8.27. The van der Waals surface area contributed by atoms with Crippen LogP contribution in [0.15, 0.2) is 4.42 Å². The largest absolute Gasteiger partial charge is 0.424 e. The van der Waals surface area contributed by atoms with E-state index in [1.54, 1.807) is 0 Å². The van der Waals surface area contributed by atoms with Crippen LogP contribution in [0.1, 0.15) is 57.4 Å². The molecule has 7 heteroatoms. The minimum Gasteiger partial charge on any atom is -0.424 e. The molecule has 1 amide bonds. The van der Waals surface area contributed by atoms with E-state index >= 15 is 0 Å². The summed E-state index contributed by atoms with van der Waals surface area (Å²) in [5.41, 5.74) is 0. The Morgan fingerprint density at radius 2 is 1.88 bits per heavy atom. The fourth-order valence-corrected chi connectivity index (χ4v) is 3.83. The highest BCUT2D eigenvalue weighted by Gasteiger charge is 2.27. The average Bonchev–Trinajstić information content (AvgIpc) is 3.03. The van der Waals surface area contributed by atoms with Crippen LogP contribution in [0.2, 0.25) is 0 Å². The number of carbonyl (C=O) groups excluding carboxylic acids is 1. The maximum absolute atomic E-state index is 12.3. The van der Waals surface area contributed by atoms with E-state index in [0.29, 0.717) is 24.4 Å². The first-order valence-electron chi connectivity index (χ1n) is 9.57. The molecule has 2 heterocycles. The fraction of sp³-hybridized carbons (Fsp3) is 0.833. The molecule has 1 N–H and O–H groups in total. The van der Waals surface area contributed by atoms with Crippen molar-refractivity contribution in [1.82, 2.24) is 25.3 Å². The van der Waals surface area contributed by atoms with E-state index in [1.807, 2.05) is 6.92 Å². The number of nitrogens with one attached hydrogen (secondary N) is 1. The summed E-state index contributed by atoms with van der Waals surface area (Å²) >= 11 is 0. The van der Waals surface area contributed by atoms with Gasteiger partial charge in [0, 0.05) is 39.1 Å². The highest BCUT2D eigenvalue weighted by Crippen LogP contribution is 2.23. The van der Waals surface area contributed by atoms with E-state index in [9.17, 15) is 4.79 Å². The molecule has 1 aromatic heterocycles. The van der Waals surface area contributed by atoms with Crippen molar-refractivity contribution in [3.05, 3.63) is 11.8 Å². The number of rotatable bonds is 5. The number of hydrogen-bond donors (Lipinski definition) is 1. The summed E-state index contributed by atoms with van der Waals surface area (Å²) in [6.45, 7) is 10.3. The molecule has 3 rings (SSSR count).